The Morgan fingerprint density at radius 3 is 2.58 bits per heavy atom. The Morgan fingerprint density at radius 1 is 1.35 bits per heavy atom. The number of aromatic nitrogens is 1. The van der Waals surface area contributed by atoms with Crippen molar-refractivity contribution in [2.24, 2.45) is 4.99 Å². The van der Waals surface area contributed by atoms with Crippen LogP contribution in [0.2, 0.25) is 0 Å². The van der Waals surface area contributed by atoms with Crippen molar-refractivity contribution in [3.8, 4) is 0 Å². The first-order valence-corrected chi connectivity index (χ1v) is 9.74. The Morgan fingerprint density at radius 2 is 2.04 bits per heavy atom. The lowest BCUT2D eigenvalue weighted by molar-refractivity contribution is 0.0963. The predicted molar refractivity (Wildman–Crippen MR) is 117 cm³/mol. The first kappa shape index (κ1) is 22.9. The lowest BCUT2D eigenvalue weighted by atomic mass is 10.1. The minimum atomic E-state index is -0.211. The Bertz CT molecular complexity index is 600. The van der Waals surface area contributed by atoms with Gasteiger partial charge in [-0.05, 0) is 40.5 Å². The highest BCUT2D eigenvalue weighted by Crippen LogP contribution is 2.18. The van der Waals surface area contributed by atoms with Gasteiger partial charge in [-0.15, -0.1) is 35.3 Å². The first-order chi connectivity index (χ1) is 12.0. The summed E-state index contributed by atoms with van der Waals surface area (Å²) < 4.78 is 5.06. The van der Waals surface area contributed by atoms with Crippen LogP contribution in [0.15, 0.2) is 4.99 Å². The molecular weight excluding hydrogens is 465 g/mol. The molecule has 2 rings (SSSR count). The molecule has 26 heavy (non-hydrogen) atoms. The van der Waals surface area contributed by atoms with Crippen LogP contribution in [0.3, 0.4) is 0 Å². The van der Waals surface area contributed by atoms with Crippen molar-refractivity contribution < 1.29 is 9.53 Å². The van der Waals surface area contributed by atoms with Crippen molar-refractivity contribution in [2.45, 2.75) is 53.1 Å². The maximum absolute atomic E-state index is 11.8. The smallest absolute Gasteiger partial charge is 0.409 e. The number of nitrogens with zero attached hydrogens (tertiary/aromatic N) is 3. The van der Waals surface area contributed by atoms with Crippen molar-refractivity contribution in [3.63, 3.8) is 0 Å². The summed E-state index contributed by atoms with van der Waals surface area (Å²) in [4.78, 5) is 23.9. The molecule has 0 spiro atoms. The molecule has 1 aliphatic rings. The van der Waals surface area contributed by atoms with Crippen molar-refractivity contribution in [1.82, 2.24) is 20.5 Å². The highest BCUT2D eigenvalue weighted by molar-refractivity contribution is 14.0. The number of ether oxygens (including phenoxy) is 1. The van der Waals surface area contributed by atoms with Gasteiger partial charge < -0.3 is 20.3 Å². The highest BCUT2D eigenvalue weighted by Gasteiger charge is 2.24. The quantitative estimate of drug-likeness (QED) is 0.373. The third-order valence-electron chi connectivity index (χ3n) is 4.09. The van der Waals surface area contributed by atoms with E-state index in [1.54, 1.807) is 16.2 Å². The van der Waals surface area contributed by atoms with Crippen LogP contribution in [0.5, 0.6) is 0 Å². The Labute approximate surface area is 177 Å². The number of piperidine rings is 1. The molecule has 0 saturated carbocycles. The second-order valence-corrected chi connectivity index (χ2v) is 7.33. The molecule has 1 aromatic heterocycles. The SMILES string of the molecule is CCNC(=NCc1sc(C)nc1C)NC1CCN(C(=O)OCC)CC1.I. The Kier molecular flexibility index (Phi) is 10.2. The van der Waals surface area contributed by atoms with Crippen LogP contribution in [0.4, 0.5) is 4.79 Å². The summed E-state index contributed by atoms with van der Waals surface area (Å²) in [7, 11) is 0. The number of aryl methyl sites for hydroxylation is 2. The molecule has 0 radical (unpaired) electrons. The van der Waals surface area contributed by atoms with Crippen LogP contribution in [-0.2, 0) is 11.3 Å². The summed E-state index contributed by atoms with van der Waals surface area (Å²) in [5.41, 5.74) is 1.06. The van der Waals surface area contributed by atoms with Gasteiger partial charge in [-0.25, -0.2) is 14.8 Å². The third-order valence-corrected chi connectivity index (χ3v) is 5.14. The van der Waals surface area contributed by atoms with E-state index in [1.165, 1.54) is 4.88 Å². The molecule has 0 aromatic carbocycles. The molecule has 0 unspecified atom stereocenters. The number of halogens is 1. The minimum absolute atomic E-state index is 0. The second-order valence-electron chi connectivity index (χ2n) is 6.04. The highest BCUT2D eigenvalue weighted by atomic mass is 127. The maximum atomic E-state index is 11.8. The number of amides is 1. The predicted octanol–water partition coefficient (Wildman–Crippen LogP) is 3.05. The molecule has 2 heterocycles. The standard InChI is InChI=1S/C17H29N5O2S.HI/c1-5-18-16(19-11-15-12(3)20-13(4)25-15)21-14-7-9-22(10-8-14)17(23)24-6-2;/h14H,5-11H2,1-4H3,(H2,18,19,21);1H. The number of carbonyl (C=O) groups is 1. The summed E-state index contributed by atoms with van der Waals surface area (Å²) in [5, 5.41) is 7.86. The summed E-state index contributed by atoms with van der Waals surface area (Å²) in [6.07, 6.45) is 1.57. The molecule has 0 aliphatic carbocycles. The molecule has 2 N–H and O–H groups in total. The van der Waals surface area contributed by atoms with Gasteiger partial charge >= 0.3 is 6.09 Å². The van der Waals surface area contributed by atoms with Gasteiger partial charge in [0.15, 0.2) is 5.96 Å². The molecule has 1 aromatic rings. The monoisotopic (exact) mass is 495 g/mol. The van der Waals surface area contributed by atoms with Crippen LogP contribution < -0.4 is 10.6 Å². The van der Waals surface area contributed by atoms with E-state index in [1.807, 2.05) is 20.8 Å². The molecule has 148 valence electrons. The molecule has 0 bridgehead atoms. The summed E-state index contributed by atoms with van der Waals surface area (Å²) in [6, 6.07) is 0.313. The van der Waals surface area contributed by atoms with Crippen LogP contribution >= 0.6 is 35.3 Å². The van der Waals surface area contributed by atoms with E-state index < -0.39 is 0 Å². The van der Waals surface area contributed by atoms with Gasteiger partial charge in [0.1, 0.15) is 0 Å². The fourth-order valence-corrected chi connectivity index (χ4v) is 3.67. The van der Waals surface area contributed by atoms with Crippen LogP contribution in [0, 0.1) is 13.8 Å². The maximum Gasteiger partial charge on any atom is 0.409 e. The van der Waals surface area contributed by atoms with Gasteiger partial charge in [-0.2, -0.15) is 0 Å². The Balaban J connectivity index is 0.00000338. The first-order valence-electron chi connectivity index (χ1n) is 8.92. The summed E-state index contributed by atoms with van der Waals surface area (Å²) in [5.74, 6) is 0.822. The molecule has 0 atom stereocenters. The lowest BCUT2D eigenvalue weighted by Gasteiger charge is -2.32. The Hall–Kier alpha value is -1.10. The minimum Gasteiger partial charge on any atom is -0.450 e. The number of guanidine groups is 1. The van der Waals surface area contributed by atoms with E-state index in [2.05, 4.69) is 22.5 Å². The van der Waals surface area contributed by atoms with E-state index >= 15 is 0 Å². The second kappa shape index (κ2) is 11.6. The zero-order valence-corrected chi connectivity index (χ0v) is 19.1. The van der Waals surface area contributed by atoms with Gasteiger partial charge in [0.2, 0.25) is 0 Å². The van der Waals surface area contributed by atoms with E-state index in [-0.39, 0.29) is 30.1 Å². The number of rotatable bonds is 5. The fourth-order valence-electron chi connectivity index (χ4n) is 2.81. The van der Waals surface area contributed by atoms with Gasteiger partial charge in [0, 0.05) is 30.6 Å². The van der Waals surface area contributed by atoms with Gasteiger partial charge in [0.25, 0.3) is 0 Å². The molecule has 1 amide bonds. The number of hydrogen-bond acceptors (Lipinski definition) is 5. The molecule has 1 fully saturated rings. The fraction of sp³-hybridized carbons (Fsp3) is 0.706. The number of nitrogens with one attached hydrogen (secondary N) is 2. The molecule has 7 nitrogen and oxygen atoms in total. The molecule has 9 heteroatoms. The molecule has 1 saturated heterocycles. The van der Waals surface area contributed by atoms with Crippen molar-refractivity contribution >= 4 is 47.4 Å². The van der Waals surface area contributed by atoms with Crippen molar-refractivity contribution in [1.29, 1.82) is 0 Å². The van der Waals surface area contributed by atoms with Gasteiger partial charge in [-0.3, -0.25) is 0 Å². The largest absolute Gasteiger partial charge is 0.450 e. The average Bonchev–Trinajstić information content (AvgIpc) is 2.91. The van der Waals surface area contributed by atoms with Gasteiger partial charge in [0.05, 0.1) is 23.9 Å². The topological polar surface area (TPSA) is 78.9 Å². The number of thiazole rings is 1. The molecule has 1 aliphatic heterocycles. The van der Waals surface area contributed by atoms with Crippen molar-refractivity contribution in [2.75, 3.05) is 26.2 Å². The van der Waals surface area contributed by atoms with Crippen LogP contribution in [0.25, 0.3) is 0 Å². The third kappa shape index (κ3) is 6.90. The molecular formula is C17H30IN5O2S. The summed E-state index contributed by atoms with van der Waals surface area (Å²) >= 11 is 1.70. The van der Waals surface area contributed by atoms with E-state index in [4.69, 9.17) is 9.73 Å². The van der Waals surface area contributed by atoms with Crippen LogP contribution in [0.1, 0.15) is 42.3 Å². The van der Waals surface area contributed by atoms with Crippen molar-refractivity contribution in [3.05, 3.63) is 15.6 Å². The zero-order valence-electron chi connectivity index (χ0n) is 16.0. The summed E-state index contributed by atoms with van der Waals surface area (Å²) in [6.45, 7) is 11.2. The number of hydrogen-bond donors (Lipinski definition) is 2. The zero-order chi connectivity index (χ0) is 18.2. The number of aliphatic imine (C=N–C) groups is 1. The normalized spacial score (nSPS) is 15.4. The van der Waals surface area contributed by atoms with Gasteiger partial charge in [-0.1, -0.05) is 0 Å². The van der Waals surface area contributed by atoms with E-state index in [0.717, 1.165) is 36.0 Å². The number of carbonyl (C=O) groups excluding carboxylic acids is 1. The lowest BCUT2D eigenvalue weighted by Crippen LogP contribution is -2.49. The van der Waals surface area contributed by atoms with Crippen LogP contribution in [-0.4, -0.2) is 54.2 Å². The van der Waals surface area contributed by atoms with E-state index in [0.29, 0.717) is 32.3 Å². The number of likely N-dealkylation sites (tertiary alicyclic amines) is 1. The average molecular weight is 495 g/mol. The van der Waals surface area contributed by atoms with E-state index in [9.17, 15) is 4.79 Å².